The van der Waals surface area contributed by atoms with E-state index in [1.807, 2.05) is 36.4 Å². The van der Waals surface area contributed by atoms with Crippen molar-refractivity contribution in [1.29, 1.82) is 0 Å². The molecule has 2 aromatic rings. The van der Waals surface area contributed by atoms with E-state index in [-0.39, 0.29) is 5.82 Å². The van der Waals surface area contributed by atoms with Gasteiger partial charge in [0.25, 0.3) is 0 Å². The lowest BCUT2D eigenvalue weighted by Gasteiger charge is -2.08. The second-order valence-electron chi connectivity index (χ2n) is 4.97. The van der Waals surface area contributed by atoms with Gasteiger partial charge in [-0.3, -0.25) is 0 Å². The van der Waals surface area contributed by atoms with Crippen LogP contribution in [0.3, 0.4) is 0 Å². The Kier molecular flexibility index (Phi) is 3.67. The molecule has 19 heavy (non-hydrogen) atoms. The fourth-order valence-corrected chi connectivity index (χ4v) is 2.50. The van der Waals surface area contributed by atoms with E-state index in [1.54, 1.807) is 6.07 Å². The Morgan fingerprint density at radius 3 is 2.63 bits per heavy atom. The van der Waals surface area contributed by atoms with Crippen LogP contribution in [-0.4, -0.2) is 6.04 Å². The maximum atomic E-state index is 13.8. The molecule has 0 spiro atoms. The third kappa shape index (κ3) is 3.23. The molecular weight excluding hydrogens is 305 g/mol. The number of hydrogen-bond acceptors (Lipinski definition) is 1. The Bertz CT molecular complexity index is 593. The highest BCUT2D eigenvalue weighted by Gasteiger charge is 2.20. The molecule has 2 aromatic carbocycles. The third-order valence-electron chi connectivity index (χ3n) is 3.36. The zero-order chi connectivity index (χ0) is 13.2. The molecule has 1 saturated carbocycles. The van der Waals surface area contributed by atoms with Crippen molar-refractivity contribution in [2.75, 3.05) is 0 Å². The van der Waals surface area contributed by atoms with Gasteiger partial charge >= 0.3 is 0 Å². The first kappa shape index (κ1) is 12.8. The summed E-state index contributed by atoms with van der Waals surface area (Å²) in [4.78, 5) is 0. The molecule has 3 heteroatoms. The van der Waals surface area contributed by atoms with E-state index >= 15 is 0 Å². The molecule has 0 radical (unpaired) electrons. The number of benzene rings is 2. The minimum atomic E-state index is -0.133. The van der Waals surface area contributed by atoms with Crippen molar-refractivity contribution in [2.24, 2.45) is 0 Å². The zero-order valence-electron chi connectivity index (χ0n) is 10.5. The highest BCUT2D eigenvalue weighted by molar-refractivity contribution is 9.10. The number of rotatable bonds is 4. The van der Waals surface area contributed by atoms with Crippen LogP contribution in [0, 0.1) is 5.82 Å². The average Bonchev–Trinajstić information content (AvgIpc) is 3.22. The highest BCUT2D eigenvalue weighted by atomic mass is 79.9. The summed E-state index contributed by atoms with van der Waals surface area (Å²) < 4.78 is 14.8. The summed E-state index contributed by atoms with van der Waals surface area (Å²) >= 11 is 3.46. The van der Waals surface area contributed by atoms with Crippen molar-refractivity contribution >= 4 is 15.9 Å². The molecule has 0 aliphatic heterocycles. The predicted molar refractivity (Wildman–Crippen MR) is 79.4 cm³/mol. The summed E-state index contributed by atoms with van der Waals surface area (Å²) in [6, 6.07) is 14.0. The van der Waals surface area contributed by atoms with Gasteiger partial charge in [0.05, 0.1) is 0 Å². The van der Waals surface area contributed by atoms with E-state index in [9.17, 15) is 4.39 Å². The topological polar surface area (TPSA) is 12.0 Å². The van der Waals surface area contributed by atoms with Crippen LogP contribution in [0.1, 0.15) is 18.4 Å². The quantitative estimate of drug-likeness (QED) is 0.874. The molecule has 0 unspecified atom stereocenters. The van der Waals surface area contributed by atoms with Gasteiger partial charge in [0.15, 0.2) is 0 Å². The van der Waals surface area contributed by atoms with E-state index in [1.165, 1.54) is 12.8 Å². The Morgan fingerprint density at radius 1 is 1.11 bits per heavy atom. The zero-order valence-corrected chi connectivity index (χ0v) is 12.1. The molecule has 0 heterocycles. The van der Waals surface area contributed by atoms with Gasteiger partial charge in [-0.15, -0.1) is 0 Å². The first-order valence-electron chi connectivity index (χ1n) is 6.50. The minimum absolute atomic E-state index is 0.133. The van der Waals surface area contributed by atoms with Crippen LogP contribution in [-0.2, 0) is 6.54 Å². The van der Waals surface area contributed by atoms with Crippen LogP contribution in [0.5, 0.6) is 0 Å². The van der Waals surface area contributed by atoms with Crippen molar-refractivity contribution in [3.8, 4) is 11.1 Å². The van der Waals surface area contributed by atoms with Crippen molar-refractivity contribution < 1.29 is 4.39 Å². The van der Waals surface area contributed by atoms with Gasteiger partial charge in [0.1, 0.15) is 5.82 Å². The standard InChI is InChI=1S/C16H15BrFN/c17-14-3-1-2-11(9-14)12-4-7-16(18)13(8-12)10-19-15-5-6-15/h1-4,7-9,15,19H,5-6,10H2. The Balaban J connectivity index is 1.87. The van der Waals surface area contributed by atoms with Crippen LogP contribution >= 0.6 is 15.9 Å². The van der Waals surface area contributed by atoms with Gasteiger partial charge in [-0.05, 0) is 48.2 Å². The second kappa shape index (κ2) is 5.43. The van der Waals surface area contributed by atoms with Crippen molar-refractivity contribution in [2.45, 2.75) is 25.4 Å². The molecule has 0 aromatic heterocycles. The molecule has 1 fully saturated rings. The van der Waals surface area contributed by atoms with E-state index in [0.717, 1.165) is 21.2 Å². The summed E-state index contributed by atoms with van der Waals surface area (Å²) in [5, 5.41) is 3.35. The van der Waals surface area contributed by atoms with Crippen LogP contribution in [0.4, 0.5) is 4.39 Å². The van der Waals surface area contributed by atoms with Crippen LogP contribution in [0.25, 0.3) is 11.1 Å². The molecular formula is C16H15BrFN. The molecule has 0 atom stereocenters. The van der Waals surface area contributed by atoms with Crippen LogP contribution in [0.2, 0.25) is 0 Å². The van der Waals surface area contributed by atoms with Crippen molar-refractivity contribution in [3.05, 3.63) is 58.3 Å². The molecule has 1 aliphatic rings. The fourth-order valence-electron chi connectivity index (χ4n) is 2.10. The van der Waals surface area contributed by atoms with Gasteiger partial charge in [-0.2, -0.15) is 0 Å². The maximum absolute atomic E-state index is 13.8. The molecule has 1 aliphatic carbocycles. The molecule has 0 bridgehead atoms. The SMILES string of the molecule is Fc1ccc(-c2cccc(Br)c2)cc1CNC1CC1. The minimum Gasteiger partial charge on any atom is -0.310 e. The lowest BCUT2D eigenvalue weighted by Crippen LogP contribution is -2.16. The van der Waals surface area contributed by atoms with Gasteiger partial charge in [-0.25, -0.2) is 4.39 Å². The lowest BCUT2D eigenvalue weighted by molar-refractivity contribution is 0.587. The first-order chi connectivity index (χ1) is 9.22. The van der Waals surface area contributed by atoms with E-state index < -0.39 is 0 Å². The Morgan fingerprint density at radius 2 is 1.89 bits per heavy atom. The summed E-state index contributed by atoms with van der Waals surface area (Å²) in [6.45, 7) is 0.609. The normalized spacial score (nSPS) is 14.6. The highest BCUT2D eigenvalue weighted by Crippen LogP contribution is 2.26. The van der Waals surface area contributed by atoms with Gasteiger partial charge in [0.2, 0.25) is 0 Å². The van der Waals surface area contributed by atoms with Crippen molar-refractivity contribution in [3.63, 3.8) is 0 Å². The average molecular weight is 320 g/mol. The summed E-state index contributed by atoms with van der Waals surface area (Å²) in [5.41, 5.74) is 2.89. The molecule has 1 N–H and O–H groups in total. The van der Waals surface area contributed by atoms with E-state index in [2.05, 4.69) is 21.2 Å². The van der Waals surface area contributed by atoms with Gasteiger partial charge in [0, 0.05) is 22.6 Å². The molecule has 0 amide bonds. The maximum Gasteiger partial charge on any atom is 0.127 e. The summed E-state index contributed by atoms with van der Waals surface area (Å²) in [6.07, 6.45) is 2.43. The van der Waals surface area contributed by atoms with Crippen molar-refractivity contribution in [1.82, 2.24) is 5.32 Å². The Hall–Kier alpha value is -1.19. The molecule has 98 valence electrons. The van der Waals surface area contributed by atoms with Crippen LogP contribution in [0.15, 0.2) is 46.9 Å². The number of nitrogens with one attached hydrogen (secondary N) is 1. The molecule has 1 nitrogen and oxygen atoms in total. The van der Waals surface area contributed by atoms with Gasteiger partial charge < -0.3 is 5.32 Å². The number of halogens is 2. The first-order valence-corrected chi connectivity index (χ1v) is 7.29. The second-order valence-corrected chi connectivity index (χ2v) is 5.89. The summed E-state index contributed by atoms with van der Waals surface area (Å²) in [5.74, 6) is -0.133. The van der Waals surface area contributed by atoms with E-state index in [4.69, 9.17) is 0 Å². The molecule has 0 saturated heterocycles. The third-order valence-corrected chi connectivity index (χ3v) is 3.86. The lowest BCUT2D eigenvalue weighted by atomic mass is 10.0. The smallest absolute Gasteiger partial charge is 0.127 e. The predicted octanol–water partition coefficient (Wildman–Crippen LogP) is 4.51. The molecule has 3 rings (SSSR count). The van der Waals surface area contributed by atoms with Gasteiger partial charge in [-0.1, -0.05) is 34.1 Å². The Labute approximate surface area is 121 Å². The number of hydrogen-bond donors (Lipinski definition) is 1. The fraction of sp³-hybridized carbons (Fsp3) is 0.250. The van der Waals surface area contributed by atoms with Crippen LogP contribution < -0.4 is 5.32 Å². The summed E-state index contributed by atoms with van der Waals surface area (Å²) in [7, 11) is 0. The largest absolute Gasteiger partial charge is 0.310 e. The monoisotopic (exact) mass is 319 g/mol. The van der Waals surface area contributed by atoms with E-state index in [0.29, 0.717) is 12.6 Å².